The molecule has 8 nitrogen and oxygen atoms in total. The van der Waals surface area contributed by atoms with Gasteiger partial charge in [0.2, 0.25) is 5.91 Å². The van der Waals surface area contributed by atoms with Crippen LogP contribution in [-0.4, -0.2) is 58.5 Å². The predicted molar refractivity (Wildman–Crippen MR) is 121 cm³/mol. The van der Waals surface area contributed by atoms with Gasteiger partial charge in [-0.25, -0.2) is 14.2 Å². The lowest BCUT2D eigenvalue weighted by atomic mass is 9.81. The fraction of sp³-hybridized carbons (Fsp3) is 0.400. The number of benzene rings is 2. The largest absolute Gasteiger partial charge is 0.497 e. The Morgan fingerprint density at radius 1 is 1.06 bits per heavy atom. The Kier molecular flexibility index (Phi) is 5.95. The van der Waals surface area contributed by atoms with Gasteiger partial charge in [0.15, 0.2) is 12.1 Å². The number of hydrazine groups is 1. The molecule has 1 aliphatic carbocycles. The zero-order valence-electron chi connectivity index (χ0n) is 18.9. The number of ketones is 1. The van der Waals surface area contributed by atoms with Gasteiger partial charge in [0, 0.05) is 18.2 Å². The minimum absolute atomic E-state index is 0.0149. The number of carbonyl (C=O) groups excluding carboxylic acids is 3. The highest BCUT2D eigenvalue weighted by Gasteiger charge is 2.54. The Morgan fingerprint density at radius 2 is 1.76 bits per heavy atom. The van der Waals surface area contributed by atoms with Crippen LogP contribution in [0, 0.1) is 11.7 Å². The van der Waals surface area contributed by atoms with Crippen molar-refractivity contribution in [2.75, 3.05) is 13.7 Å². The maximum absolute atomic E-state index is 13.5. The van der Waals surface area contributed by atoms with Gasteiger partial charge in [-0.05, 0) is 54.8 Å². The minimum atomic E-state index is -0.687. The van der Waals surface area contributed by atoms with Crippen LogP contribution >= 0.6 is 0 Å². The standard InChI is InChI=1S/C25H27FN4O4/c1-34-19-12-8-17(9-13-19)22(31)15-29-25(33)30-21-5-3-2-4-20(21)23(32)28(24(30)27-29)14-16-6-10-18(26)11-7-16/h6-13,20-21,24,27H,2-5,14-15H2,1H3. The SMILES string of the molecule is COc1ccc(C(=O)CN2NC3N(Cc4ccc(F)cc4)C(=O)C4CCCCC4N3C2=O)cc1. The van der Waals surface area contributed by atoms with E-state index in [9.17, 15) is 18.8 Å². The smallest absolute Gasteiger partial charge is 0.337 e. The molecule has 2 heterocycles. The van der Waals surface area contributed by atoms with Crippen molar-refractivity contribution >= 4 is 17.7 Å². The van der Waals surface area contributed by atoms with Crippen molar-refractivity contribution < 1.29 is 23.5 Å². The van der Waals surface area contributed by atoms with Gasteiger partial charge in [-0.2, -0.15) is 5.43 Å². The Morgan fingerprint density at radius 3 is 2.47 bits per heavy atom. The molecule has 0 radical (unpaired) electrons. The van der Waals surface area contributed by atoms with Crippen LogP contribution in [0.15, 0.2) is 48.5 Å². The second-order valence-electron chi connectivity index (χ2n) is 8.98. The summed E-state index contributed by atoms with van der Waals surface area (Å²) in [5.41, 5.74) is 4.34. The first-order valence-electron chi connectivity index (χ1n) is 11.5. The molecular formula is C25H27FN4O4. The summed E-state index contributed by atoms with van der Waals surface area (Å²) in [6, 6.07) is 12.2. The lowest BCUT2D eigenvalue weighted by Gasteiger charge is -2.48. The highest BCUT2D eigenvalue weighted by molar-refractivity contribution is 5.99. The first-order chi connectivity index (χ1) is 16.5. The number of halogens is 1. The molecule has 3 aliphatic rings. The van der Waals surface area contributed by atoms with E-state index in [1.165, 1.54) is 17.1 Å². The number of amides is 3. The molecule has 3 unspecified atom stereocenters. The third kappa shape index (κ3) is 4.00. The fourth-order valence-electron chi connectivity index (χ4n) is 5.19. The van der Waals surface area contributed by atoms with Crippen LogP contribution in [0.3, 0.4) is 0 Å². The number of urea groups is 1. The van der Waals surface area contributed by atoms with Crippen molar-refractivity contribution in [3.05, 3.63) is 65.5 Å². The molecular weight excluding hydrogens is 439 g/mol. The highest BCUT2D eigenvalue weighted by atomic mass is 19.1. The number of hydrogen-bond donors (Lipinski definition) is 1. The maximum atomic E-state index is 13.5. The van der Waals surface area contributed by atoms with Crippen molar-refractivity contribution in [1.82, 2.24) is 20.2 Å². The van der Waals surface area contributed by atoms with E-state index in [-0.39, 0.29) is 48.6 Å². The van der Waals surface area contributed by atoms with Gasteiger partial charge in [0.25, 0.3) is 0 Å². The monoisotopic (exact) mass is 466 g/mol. The Bertz CT molecular complexity index is 1090. The number of methoxy groups -OCH3 is 1. The van der Waals surface area contributed by atoms with E-state index >= 15 is 0 Å². The zero-order chi connectivity index (χ0) is 23.8. The zero-order valence-corrected chi connectivity index (χ0v) is 18.9. The topological polar surface area (TPSA) is 82.2 Å². The first kappa shape index (κ1) is 22.3. The summed E-state index contributed by atoms with van der Waals surface area (Å²) in [5, 5.41) is 1.30. The number of fused-ring (bicyclic) bond motifs is 3. The first-order valence-corrected chi connectivity index (χ1v) is 11.5. The van der Waals surface area contributed by atoms with E-state index in [2.05, 4.69) is 5.43 Å². The second kappa shape index (κ2) is 9.06. The molecule has 3 amide bonds. The average molecular weight is 467 g/mol. The highest BCUT2D eigenvalue weighted by Crippen LogP contribution is 2.38. The molecule has 0 aromatic heterocycles. The van der Waals surface area contributed by atoms with Crippen LogP contribution in [0.4, 0.5) is 9.18 Å². The summed E-state index contributed by atoms with van der Waals surface area (Å²) in [6.07, 6.45) is 2.69. The summed E-state index contributed by atoms with van der Waals surface area (Å²) in [7, 11) is 1.55. The van der Waals surface area contributed by atoms with Gasteiger partial charge in [-0.15, -0.1) is 0 Å². The van der Waals surface area contributed by atoms with Crippen molar-refractivity contribution in [2.45, 2.75) is 44.6 Å². The van der Waals surface area contributed by atoms with Crippen molar-refractivity contribution in [3.63, 3.8) is 0 Å². The number of ether oxygens (including phenoxy) is 1. The number of nitrogens with one attached hydrogen (secondary N) is 1. The molecule has 2 aromatic rings. The fourth-order valence-corrected chi connectivity index (χ4v) is 5.19. The molecule has 1 N–H and O–H groups in total. The summed E-state index contributed by atoms with van der Waals surface area (Å²) in [6.45, 7) is 0.0815. The lowest BCUT2D eigenvalue weighted by Crippen LogP contribution is -2.65. The molecule has 0 spiro atoms. The molecule has 34 heavy (non-hydrogen) atoms. The van der Waals surface area contributed by atoms with Gasteiger partial charge >= 0.3 is 6.03 Å². The summed E-state index contributed by atoms with van der Waals surface area (Å²) < 4.78 is 18.5. The molecule has 0 bridgehead atoms. The molecule has 3 atom stereocenters. The molecule has 5 rings (SSSR count). The van der Waals surface area contributed by atoms with Gasteiger partial charge in [-0.3, -0.25) is 14.5 Å². The molecule has 2 saturated heterocycles. The van der Waals surface area contributed by atoms with E-state index in [4.69, 9.17) is 4.74 Å². The van der Waals surface area contributed by atoms with E-state index < -0.39 is 6.29 Å². The van der Waals surface area contributed by atoms with Gasteiger partial charge in [0.05, 0.1) is 13.0 Å². The normalized spacial score (nSPS) is 24.2. The van der Waals surface area contributed by atoms with E-state index in [0.717, 1.165) is 31.2 Å². The van der Waals surface area contributed by atoms with Crippen LogP contribution in [-0.2, 0) is 11.3 Å². The van der Waals surface area contributed by atoms with Crippen molar-refractivity contribution in [1.29, 1.82) is 0 Å². The number of hydrogen-bond acceptors (Lipinski definition) is 5. The summed E-state index contributed by atoms with van der Waals surface area (Å²) in [5.74, 6) is -0.213. The van der Waals surface area contributed by atoms with E-state index in [1.807, 2.05) is 0 Å². The van der Waals surface area contributed by atoms with E-state index in [0.29, 0.717) is 11.3 Å². The Labute approximate surface area is 197 Å². The number of carbonyl (C=O) groups is 3. The molecule has 2 aromatic carbocycles. The van der Waals surface area contributed by atoms with Gasteiger partial charge in [0.1, 0.15) is 18.1 Å². The van der Waals surface area contributed by atoms with Crippen LogP contribution < -0.4 is 10.2 Å². The van der Waals surface area contributed by atoms with Gasteiger partial charge in [-0.1, -0.05) is 25.0 Å². The molecule has 2 aliphatic heterocycles. The number of Topliss-reactive ketones (excluding diaryl/α,β-unsaturated/α-hetero) is 1. The molecule has 9 heteroatoms. The van der Waals surface area contributed by atoms with Crippen molar-refractivity contribution in [3.8, 4) is 5.75 Å². The molecule has 3 fully saturated rings. The van der Waals surface area contributed by atoms with Crippen molar-refractivity contribution in [2.24, 2.45) is 5.92 Å². The quantitative estimate of drug-likeness (QED) is 0.662. The van der Waals surface area contributed by atoms with Crippen LogP contribution in [0.1, 0.15) is 41.6 Å². The van der Waals surface area contributed by atoms with Gasteiger partial charge < -0.3 is 9.64 Å². The molecule has 1 saturated carbocycles. The lowest BCUT2D eigenvalue weighted by molar-refractivity contribution is -0.157. The number of nitrogens with zero attached hydrogens (tertiary/aromatic N) is 3. The average Bonchev–Trinajstić information content (AvgIpc) is 3.18. The van der Waals surface area contributed by atoms with E-state index in [1.54, 1.807) is 53.3 Å². The van der Waals surface area contributed by atoms with Crippen LogP contribution in [0.5, 0.6) is 5.75 Å². The third-order valence-corrected chi connectivity index (χ3v) is 6.95. The third-order valence-electron chi connectivity index (χ3n) is 6.95. The summed E-state index contributed by atoms with van der Waals surface area (Å²) in [4.78, 5) is 43.2. The number of rotatable bonds is 6. The van der Waals surface area contributed by atoms with Crippen LogP contribution in [0.2, 0.25) is 0 Å². The second-order valence-corrected chi connectivity index (χ2v) is 8.98. The molecule has 178 valence electrons. The van der Waals surface area contributed by atoms with Crippen LogP contribution in [0.25, 0.3) is 0 Å². The Balaban J connectivity index is 1.39. The summed E-state index contributed by atoms with van der Waals surface area (Å²) >= 11 is 0. The Hall–Kier alpha value is -3.46. The predicted octanol–water partition coefficient (Wildman–Crippen LogP) is 3.14. The minimum Gasteiger partial charge on any atom is -0.497 e. The maximum Gasteiger partial charge on any atom is 0.337 e.